The van der Waals surface area contributed by atoms with Crippen LogP contribution in [-0.4, -0.2) is 187 Å². The van der Waals surface area contributed by atoms with Crippen molar-refractivity contribution in [2.45, 2.75) is 198 Å². The van der Waals surface area contributed by atoms with Crippen molar-refractivity contribution in [3.8, 4) is 0 Å². The van der Waals surface area contributed by atoms with Gasteiger partial charge in [-0.2, -0.15) is 0 Å². The molecule has 1 saturated heterocycles. The average Bonchev–Trinajstić information content (AvgIpc) is 3.67. The molecule has 480 valence electrons. The van der Waals surface area contributed by atoms with Gasteiger partial charge in [-0.3, -0.25) is 52.7 Å². The van der Waals surface area contributed by atoms with Gasteiger partial charge in [0, 0.05) is 19.4 Å². The molecule has 29 nitrogen and oxygen atoms in total. The predicted octanol–water partition coefficient (Wildman–Crippen LogP) is -5.24. The third-order valence-corrected chi connectivity index (χ3v) is 14.3. The maximum Gasteiger partial charge on any atom is 0.245 e. The molecule has 85 heavy (non-hydrogen) atoms. The van der Waals surface area contributed by atoms with Gasteiger partial charge in [0.05, 0.1) is 12.2 Å². The monoisotopic (exact) mass is 1200 g/mol. The van der Waals surface area contributed by atoms with Crippen LogP contribution >= 0.6 is 0 Å². The predicted molar refractivity (Wildman–Crippen MR) is 316 cm³/mol. The Bertz CT molecular complexity index is 2320. The number of carbonyl (C=O) groups excluding carboxylic acids is 11. The van der Waals surface area contributed by atoms with E-state index in [-0.39, 0.29) is 90.0 Å². The smallest absolute Gasteiger partial charge is 0.245 e. The molecule has 0 saturated carbocycles. The van der Waals surface area contributed by atoms with Crippen LogP contribution in [0.4, 0.5) is 0 Å². The summed E-state index contributed by atoms with van der Waals surface area (Å²) in [5, 5.41) is 49.7. The van der Waals surface area contributed by atoms with Crippen LogP contribution in [0.3, 0.4) is 0 Å². The minimum absolute atomic E-state index is 0.0173. The second-order valence-corrected chi connectivity index (χ2v) is 22.0. The topological polar surface area (TPSA) is 491 Å². The van der Waals surface area contributed by atoms with Gasteiger partial charge in [-0.1, -0.05) is 77.3 Å². The van der Waals surface area contributed by atoms with Gasteiger partial charge in [0.1, 0.15) is 60.4 Å². The molecular weight excluding hydrogens is 1100 g/mol. The first-order valence-electron chi connectivity index (χ1n) is 29.5. The van der Waals surface area contributed by atoms with Crippen LogP contribution in [0.1, 0.15) is 124 Å². The third kappa shape index (κ3) is 26.9. The molecule has 23 N–H and O–H groups in total. The fraction of sp³-hybridized carbons (Fsp3) is 0.696. The highest BCUT2D eigenvalue weighted by Gasteiger charge is 2.37. The average molecular weight is 1200 g/mol. The Balaban J connectivity index is 2.67. The van der Waals surface area contributed by atoms with Crippen molar-refractivity contribution in [1.82, 2.24) is 58.5 Å². The van der Waals surface area contributed by atoms with Crippen LogP contribution in [0.15, 0.2) is 30.3 Å². The number of amides is 11. The Morgan fingerprint density at radius 1 is 0.565 bits per heavy atom. The molecule has 0 radical (unpaired) electrons. The van der Waals surface area contributed by atoms with Gasteiger partial charge in [-0.25, -0.2) is 0 Å². The van der Waals surface area contributed by atoms with E-state index in [1.165, 1.54) is 13.8 Å². The number of rotatable bonds is 29. The number of carbonyl (C=O) groups is 11. The maximum absolute atomic E-state index is 14.5. The zero-order valence-electron chi connectivity index (χ0n) is 50.2. The fourth-order valence-electron chi connectivity index (χ4n) is 9.12. The third-order valence-electron chi connectivity index (χ3n) is 14.3. The molecular formula is C56H98N16O13. The molecule has 13 atom stereocenters. The van der Waals surface area contributed by atoms with Crippen LogP contribution in [0.25, 0.3) is 0 Å². The van der Waals surface area contributed by atoms with E-state index in [1.54, 1.807) is 44.2 Å². The van der Waals surface area contributed by atoms with Crippen LogP contribution in [0.2, 0.25) is 0 Å². The number of nitrogens with two attached hydrogens (primary N) is 5. The lowest BCUT2D eigenvalue weighted by molar-refractivity contribution is -0.137. The first-order chi connectivity index (χ1) is 40.3. The Kier molecular flexibility index (Phi) is 34.6. The summed E-state index contributed by atoms with van der Waals surface area (Å²) < 4.78 is 0. The maximum atomic E-state index is 14.5. The first kappa shape index (κ1) is 74.2. The highest BCUT2D eigenvalue weighted by atomic mass is 16.3. The summed E-state index contributed by atoms with van der Waals surface area (Å²) >= 11 is 0. The standard InChI is InChI=1S/C56H98N16O13/c1-7-32(4)13-11-12-16-44(75)63-36(17-23-57)51(80)72-46(34(6)74)56(85)68-39(20-26-60)48(77)67-41-22-28-62-55(84)45(33(5)73)71-52(81)40(21-27-61)65-47(76)37(18-24-58)66-53(82)42(29-31(2)3)69-54(83)43(30-35-14-9-8-10-15-35)70-49(78)38(19-25-59)64-50(41)79/h8-10,14-15,31-34,36-43,45-46,73-74H,7,11-13,16-30,57-61H2,1-6H3,(H,62,84)(H,63,75)(H,64,79)(H,65,76)(H,66,82)(H,67,77)(H,68,85)(H,69,83)(H,70,78)(H,71,81)(H,72,80)/t32-,33-,34+,36-,37-,38-,39-,40-,41-,42-,43+,45-,46-/m0/s1. The Hall–Kier alpha value is -6.89. The van der Waals surface area contributed by atoms with Gasteiger partial charge in [-0.05, 0) is 115 Å². The second kappa shape index (κ2) is 39.7. The SMILES string of the molecule is CC[C@H](C)CCCCC(=O)N[C@@H](CCN)C(=O)N[C@H](C(=O)N[C@@H](CCN)C(=O)N[C@H]1CCNC(=O)[C@H]([C@H](C)O)NC(=O)[C@H](CCN)NC(=O)[C@H](CCN)NC(=O)[C@H](CC(C)C)NC(=O)[C@@H](Cc2ccccc2)NC(=O)[C@H](CCN)NC1=O)[C@@H](C)O. The quantitative estimate of drug-likeness (QED) is 0.0333. The van der Waals surface area contributed by atoms with Gasteiger partial charge in [0.15, 0.2) is 0 Å². The highest BCUT2D eigenvalue weighted by Crippen LogP contribution is 2.14. The van der Waals surface area contributed by atoms with Gasteiger partial charge < -0.3 is 97.4 Å². The van der Waals surface area contributed by atoms with Gasteiger partial charge in [0.2, 0.25) is 65.0 Å². The number of unbranched alkanes of at least 4 members (excludes halogenated alkanes) is 1. The number of aliphatic hydroxyl groups is 2. The van der Waals surface area contributed by atoms with E-state index in [0.29, 0.717) is 17.9 Å². The number of aliphatic hydroxyl groups excluding tert-OH is 2. The summed E-state index contributed by atoms with van der Waals surface area (Å²) in [6.45, 7) is 9.00. The number of hydrogen-bond donors (Lipinski definition) is 18. The summed E-state index contributed by atoms with van der Waals surface area (Å²) in [7, 11) is 0. The molecule has 29 heteroatoms. The van der Waals surface area contributed by atoms with E-state index in [4.69, 9.17) is 28.7 Å². The minimum Gasteiger partial charge on any atom is -0.391 e. The Morgan fingerprint density at radius 2 is 1.06 bits per heavy atom. The molecule has 0 spiro atoms. The summed E-state index contributed by atoms with van der Waals surface area (Å²) in [4.78, 5) is 154. The molecule has 1 fully saturated rings. The van der Waals surface area contributed by atoms with E-state index in [2.05, 4.69) is 72.3 Å². The second-order valence-electron chi connectivity index (χ2n) is 22.0. The number of benzene rings is 1. The van der Waals surface area contributed by atoms with Crippen molar-refractivity contribution in [3.05, 3.63) is 35.9 Å². The van der Waals surface area contributed by atoms with Crippen molar-refractivity contribution >= 4 is 65.0 Å². The highest BCUT2D eigenvalue weighted by molar-refractivity contribution is 5.99. The van der Waals surface area contributed by atoms with E-state index < -0.39 is 151 Å². The van der Waals surface area contributed by atoms with Gasteiger partial charge >= 0.3 is 0 Å². The zero-order chi connectivity index (χ0) is 63.8. The molecule has 1 aliphatic heterocycles. The first-order valence-corrected chi connectivity index (χ1v) is 29.5. The van der Waals surface area contributed by atoms with Crippen LogP contribution in [0.5, 0.6) is 0 Å². The van der Waals surface area contributed by atoms with Crippen LogP contribution in [-0.2, 0) is 59.2 Å². The lowest BCUT2D eigenvalue weighted by Crippen LogP contribution is -2.62. The molecule has 2 rings (SSSR count). The molecule has 1 aliphatic rings. The molecule has 1 aromatic rings. The number of nitrogens with one attached hydrogen (secondary N) is 11. The molecule has 0 aromatic heterocycles. The molecule has 0 aliphatic carbocycles. The van der Waals surface area contributed by atoms with Crippen LogP contribution in [0, 0.1) is 11.8 Å². The Morgan fingerprint density at radius 3 is 1.56 bits per heavy atom. The van der Waals surface area contributed by atoms with E-state index in [1.807, 2.05) is 0 Å². The number of hydrogen-bond acceptors (Lipinski definition) is 18. The molecule has 1 aromatic carbocycles. The normalized spacial score (nSPS) is 22.9. The van der Waals surface area contributed by atoms with E-state index >= 15 is 0 Å². The van der Waals surface area contributed by atoms with Crippen molar-refractivity contribution in [3.63, 3.8) is 0 Å². The van der Waals surface area contributed by atoms with Gasteiger partial charge in [-0.15, -0.1) is 0 Å². The molecule has 0 unspecified atom stereocenters. The fourth-order valence-corrected chi connectivity index (χ4v) is 9.12. The molecule has 11 amide bonds. The van der Waals surface area contributed by atoms with Crippen LogP contribution < -0.4 is 87.2 Å². The lowest BCUT2D eigenvalue weighted by atomic mass is 10.00. The van der Waals surface area contributed by atoms with Crippen molar-refractivity contribution < 1.29 is 63.0 Å². The van der Waals surface area contributed by atoms with Crippen molar-refractivity contribution in [2.24, 2.45) is 40.5 Å². The summed E-state index contributed by atoms with van der Waals surface area (Å²) in [6, 6.07) is -6.23. The zero-order valence-corrected chi connectivity index (χ0v) is 50.2. The van der Waals surface area contributed by atoms with Crippen molar-refractivity contribution in [2.75, 3.05) is 39.3 Å². The lowest BCUT2D eigenvalue weighted by Gasteiger charge is -2.29. The summed E-state index contributed by atoms with van der Waals surface area (Å²) in [5.41, 5.74) is 29.9. The summed E-state index contributed by atoms with van der Waals surface area (Å²) in [5.74, 6) is -9.45. The Labute approximate surface area is 498 Å². The largest absolute Gasteiger partial charge is 0.391 e. The summed E-state index contributed by atoms with van der Waals surface area (Å²) in [6.07, 6.45) is -1.05. The molecule has 1 heterocycles. The van der Waals surface area contributed by atoms with Gasteiger partial charge in [0.25, 0.3) is 0 Å². The van der Waals surface area contributed by atoms with Crippen molar-refractivity contribution in [1.29, 1.82) is 0 Å². The molecule has 0 bridgehead atoms. The van der Waals surface area contributed by atoms with E-state index in [0.717, 1.165) is 19.3 Å². The van der Waals surface area contributed by atoms with E-state index in [9.17, 15) is 63.0 Å². The minimum atomic E-state index is -1.70.